The number of piperidine rings is 1. The molecule has 1 aromatic carbocycles. The number of nitrogens with zero attached hydrogens (tertiary/aromatic N) is 3. The molecule has 0 saturated carbocycles. The Balaban J connectivity index is 1.43. The van der Waals surface area contributed by atoms with E-state index in [1.807, 2.05) is 36.4 Å². The van der Waals surface area contributed by atoms with Gasteiger partial charge in [-0.3, -0.25) is 4.79 Å². The molecule has 7 heteroatoms. The van der Waals surface area contributed by atoms with E-state index in [9.17, 15) is 4.79 Å². The monoisotopic (exact) mass is 447 g/mol. The lowest BCUT2D eigenvalue weighted by atomic mass is 9.85. The molecular formula is C26H33N5O2. The van der Waals surface area contributed by atoms with E-state index in [0.717, 1.165) is 61.9 Å². The van der Waals surface area contributed by atoms with Crippen LogP contribution in [0.1, 0.15) is 54.2 Å². The molecule has 5 rings (SSSR count). The summed E-state index contributed by atoms with van der Waals surface area (Å²) in [6.45, 7) is 5.19. The number of para-hydroxylation sites is 1. The SMILES string of the molecule is CC1C=C(Oc2ccccc2)C=CC1c1nn2c(c1C(N)=O)NCC[C@H]2C1CCN(C)CC1. The topological polar surface area (TPSA) is 85.4 Å². The third-order valence-corrected chi connectivity index (χ3v) is 7.29. The van der Waals surface area contributed by atoms with Gasteiger partial charge in [0.05, 0.1) is 11.7 Å². The first-order valence-electron chi connectivity index (χ1n) is 12.0. The summed E-state index contributed by atoms with van der Waals surface area (Å²) in [7, 11) is 2.18. The summed E-state index contributed by atoms with van der Waals surface area (Å²) < 4.78 is 8.09. The van der Waals surface area contributed by atoms with E-state index in [4.69, 9.17) is 15.6 Å². The number of aromatic nitrogens is 2. The normalized spacial score (nSPS) is 25.8. The molecule has 1 aromatic heterocycles. The van der Waals surface area contributed by atoms with Gasteiger partial charge in [0.1, 0.15) is 22.9 Å². The maximum absolute atomic E-state index is 12.6. The Morgan fingerprint density at radius 2 is 1.94 bits per heavy atom. The van der Waals surface area contributed by atoms with Gasteiger partial charge in [0.25, 0.3) is 5.91 Å². The number of allylic oxidation sites excluding steroid dienone is 3. The molecule has 2 unspecified atom stereocenters. The van der Waals surface area contributed by atoms with Gasteiger partial charge >= 0.3 is 0 Å². The molecule has 0 spiro atoms. The average molecular weight is 448 g/mol. The fourth-order valence-electron chi connectivity index (χ4n) is 5.47. The number of nitrogens with one attached hydrogen (secondary N) is 1. The molecular weight excluding hydrogens is 414 g/mol. The molecule has 0 bridgehead atoms. The lowest BCUT2D eigenvalue weighted by Crippen LogP contribution is -2.37. The van der Waals surface area contributed by atoms with Crippen LogP contribution >= 0.6 is 0 Å². The van der Waals surface area contributed by atoms with Gasteiger partial charge in [-0.15, -0.1) is 0 Å². The number of rotatable bonds is 5. The number of carbonyl (C=O) groups is 1. The number of benzene rings is 1. The van der Waals surface area contributed by atoms with Crippen molar-refractivity contribution in [2.75, 3.05) is 32.0 Å². The number of ether oxygens (including phenoxy) is 1. The minimum atomic E-state index is -0.418. The smallest absolute Gasteiger partial charge is 0.254 e. The lowest BCUT2D eigenvalue weighted by Gasteiger charge is -2.37. The minimum Gasteiger partial charge on any atom is -0.458 e. The van der Waals surface area contributed by atoms with Gasteiger partial charge in [0, 0.05) is 12.5 Å². The van der Waals surface area contributed by atoms with E-state index >= 15 is 0 Å². The van der Waals surface area contributed by atoms with Crippen LogP contribution in [0.4, 0.5) is 5.82 Å². The highest BCUT2D eigenvalue weighted by Crippen LogP contribution is 2.41. The summed E-state index contributed by atoms with van der Waals surface area (Å²) in [5.41, 5.74) is 7.21. The van der Waals surface area contributed by atoms with Crippen LogP contribution in [0.5, 0.6) is 5.75 Å². The minimum absolute atomic E-state index is 0.0336. The largest absolute Gasteiger partial charge is 0.458 e. The van der Waals surface area contributed by atoms with Crippen molar-refractivity contribution in [3.8, 4) is 5.75 Å². The molecule has 3 heterocycles. The van der Waals surface area contributed by atoms with Crippen molar-refractivity contribution in [3.63, 3.8) is 0 Å². The first-order valence-corrected chi connectivity index (χ1v) is 12.0. The van der Waals surface area contributed by atoms with Crippen molar-refractivity contribution in [3.05, 3.63) is 65.6 Å². The second kappa shape index (κ2) is 9.06. The molecule has 3 aliphatic rings. The molecule has 1 fully saturated rings. The summed E-state index contributed by atoms with van der Waals surface area (Å²) in [6, 6.07) is 10.1. The van der Waals surface area contributed by atoms with E-state index in [1.165, 1.54) is 0 Å². The van der Waals surface area contributed by atoms with Gasteiger partial charge in [-0.1, -0.05) is 31.2 Å². The van der Waals surface area contributed by atoms with Gasteiger partial charge in [0.2, 0.25) is 0 Å². The first-order chi connectivity index (χ1) is 16.0. The predicted molar refractivity (Wildman–Crippen MR) is 129 cm³/mol. The second-order valence-electron chi connectivity index (χ2n) is 9.57. The Morgan fingerprint density at radius 3 is 2.64 bits per heavy atom. The molecule has 7 nitrogen and oxygen atoms in total. The summed E-state index contributed by atoms with van der Waals surface area (Å²) >= 11 is 0. The second-order valence-corrected chi connectivity index (χ2v) is 9.57. The van der Waals surface area contributed by atoms with Gasteiger partial charge in [-0.25, -0.2) is 4.68 Å². The number of primary amides is 1. The standard InChI is InChI=1S/C26H33N5O2/c1-17-16-20(33-19-6-4-3-5-7-19)8-9-21(17)24-23(25(27)32)26-28-13-10-22(31(26)29-24)18-11-14-30(2)15-12-18/h3-9,16-18,21-22,28H,10-15H2,1-2H3,(H2,27,32)/t17?,21?,22-/m0/s1. The Bertz CT molecular complexity index is 1070. The van der Waals surface area contributed by atoms with Crippen molar-refractivity contribution in [2.24, 2.45) is 17.6 Å². The van der Waals surface area contributed by atoms with Crippen molar-refractivity contribution >= 4 is 11.7 Å². The van der Waals surface area contributed by atoms with Crippen LogP contribution in [0.3, 0.4) is 0 Å². The van der Waals surface area contributed by atoms with Crippen LogP contribution < -0.4 is 15.8 Å². The number of anilines is 1. The third-order valence-electron chi connectivity index (χ3n) is 7.29. The zero-order valence-electron chi connectivity index (χ0n) is 19.4. The van der Waals surface area contributed by atoms with Crippen LogP contribution in [-0.2, 0) is 0 Å². The summed E-state index contributed by atoms with van der Waals surface area (Å²) in [6.07, 6.45) is 9.50. The Morgan fingerprint density at radius 1 is 1.18 bits per heavy atom. The first kappa shape index (κ1) is 21.8. The Labute approximate surface area is 195 Å². The van der Waals surface area contributed by atoms with Gasteiger partial charge < -0.3 is 20.7 Å². The number of nitrogens with two attached hydrogens (primary N) is 1. The Hall–Kier alpha value is -3.06. The van der Waals surface area contributed by atoms with Crippen LogP contribution in [0, 0.1) is 11.8 Å². The van der Waals surface area contributed by atoms with E-state index in [1.54, 1.807) is 0 Å². The van der Waals surface area contributed by atoms with Crippen molar-refractivity contribution in [2.45, 2.75) is 38.1 Å². The molecule has 33 heavy (non-hydrogen) atoms. The van der Waals surface area contributed by atoms with Crippen LogP contribution in [0.25, 0.3) is 0 Å². The van der Waals surface area contributed by atoms with E-state index < -0.39 is 5.91 Å². The van der Waals surface area contributed by atoms with E-state index in [2.05, 4.69) is 41.0 Å². The van der Waals surface area contributed by atoms with Crippen molar-refractivity contribution < 1.29 is 9.53 Å². The molecule has 2 aliphatic heterocycles. The molecule has 1 aliphatic carbocycles. The van der Waals surface area contributed by atoms with Crippen molar-refractivity contribution in [1.82, 2.24) is 14.7 Å². The molecule has 3 atom stereocenters. The lowest BCUT2D eigenvalue weighted by molar-refractivity contribution is 0.0999. The summed E-state index contributed by atoms with van der Waals surface area (Å²) in [5, 5.41) is 8.48. The number of amides is 1. The molecule has 1 saturated heterocycles. The molecule has 0 radical (unpaired) electrons. The van der Waals surface area contributed by atoms with Crippen LogP contribution in [0.2, 0.25) is 0 Å². The highest BCUT2D eigenvalue weighted by Gasteiger charge is 2.37. The van der Waals surface area contributed by atoms with Gasteiger partial charge in [-0.05, 0) is 75.5 Å². The van der Waals surface area contributed by atoms with Crippen LogP contribution in [-0.4, -0.2) is 47.3 Å². The molecule has 3 N–H and O–H groups in total. The fraction of sp³-hybridized carbons (Fsp3) is 0.462. The van der Waals surface area contributed by atoms with Gasteiger partial charge in [-0.2, -0.15) is 5.10 Å². The number of fused-ring (bicyclic) bond motifs is 1. The number of hydrogen-bond donors (Lipinski definition) is 2. The van der Waals surface area contributed by atoms with Gasteiger partial charge in [0.15, 0.2) is 0 Å². The average Bonchev–Trinajstić information content (AvgIpc) is 3.20. The molecule has 2 aromatic rings. The van der Waals surface area contributed by atoms with Crippen molar-refractivity contribution in [1.29, 1.82) is 0 Å². The Kier molecular flexibility index (Phi) is 5.98. The molecule has 174 valence electrons. The fourth-order valence-corrected chi connectivity index (χ4v) is 5.47. The highest BCUT2D eigenvalue weighted by molar-refractivity contribution is 5.99. The van der Waals surface area contributed by atoms with Crippen LogP contribution in [0.15, 0.2) is 54.3 Å². The quantitative estimate of drug-likeness (QED) is 0.725. The number of carbonyl (C=O) groups excluding carboxylic acids is 1. The molecule has 1 amide bonds. The number of hydrogen-bond acceptors (Lipinski definition) is 5. The van der Waals surface area contributed by atoms with E-state index in [-0.39, 0.29) is 11.8 Å². The maximum atomic E-state index is 12.6. The predicted octanol–water partition coefficient (Wildman–Crippen LogP) is 3.93. The summed E-state index contributed by atoms with van der Waals surface area (Å²) in [5.74, 6) is 2.64. The highest BCUT2D eigenvalue weighted by atomic mass is 16.5. The zero-order valence-corrected chi connectivity index (χ0v) is 19.4. The zero-order chi connectivity index (χ0) is 22.9. The van der Waals surface area contributed by atoms with E-state index in [0.29, 0.717) is 17.5 Å². The summed E-state index contributed by atoms with van der Waals surface area (Å²) in [4.78, 5) is 15.0. The third kappa shape index (κ3) is 4.29. The number of likely N-dealkylation sites (tertiary alicyclic amines) is 1. The maximum Gasteiger partial charge on any atom is 0.254 e.